The van der Waals surface area contributed by atoms with Crippen molar-refractivity contribution in [2.75, 3.05) is 13.1 Å². The lowest BCUT2D eigenvalue weighted by molar-refractivity contribution is 0.0349. The molecule has 0 bridgehead atoms. The van der Waals surface area contributed by atoms with E-state index in [1.807, 2.05) is 13.8 Å². The Morgan fingerprint density at radius 3 is 2.75 bits per heavy atom. The Labute approximate surface area is 144 Å². The predicted molar refractivity (Wildman–Crippen MR) is 92.8 cm³/mol. The minimum absolute atomic E-state index is 0.226. The molecule has 1 aromatic rings. The molecule has 3 N–H and O–H groups in total. The number of aliphatic hydroxyl groups is 1. The van der Waals surface area contributed by atoms with Gasteiger partial charge in [0.2, 0.25) is 0 Å². The van der Waals surface area contributed by atoms with Gasteiger partial charge in [0.05, 0.1) is 5.60 Å². The van der Waals surface area contributed by atoms with Crippen molar-refractivity contribution in [3.63, 3.8) is 0 Å². The van der Waals surface area contributed by atoms with E-state index >= 15 is 0 Å². The number of carbonyl (C=O) groups excluding carboxylic acids is 1. The standard InChI is InChI=1S/C17H31N5O2/c1-3-17(24,4-2)13-19-16(23)18-11-8-10-15-21-20-14-9-6-5-7-12-22(14)15/h24H,3-13H2,1-2H3,(H2,18,19,23). The Morgan fingerprint density at radius 2 is 2.00 bits per heavy atom. The Kier molecular flexibility index (Phi) is 7.02. The minimum Gasteiger partial charge on any atom is -0.388 e. The van der Waals surface area contributed by atoms with Crippen LogP contribution < -0.4 is 10.6 Å². The second kappa shape index (κ2) is 9.01. The van der Waals surface area contributed by atoms with E-state index in [2.05, 4.69) is 25.4 Å². The Morgan fingerprint density at radius 1 is 1.21 bits per heavy atom. The van der Waals surface area contributed by atoms with Gasteiger partial charge in [0.1, 0.15) is 11.6 Å². The Bertz CT molecular complexity index is 525. The van der Waals surface area contributed by atoms with Gasteiger partial charge in [-0.25, -0.2) is 4.79 Å². The number of nitrogens with zero attached hydrogens (tertiary/aromatic N) is 3. The van der Waals surface area contributed by atoms with Crippen LogP contribution in [-0.4, -0.2) is 44.6 Å². The van der Waals surface area contributed by atoms with Crippen LogP contribution in [0.3, 0.4) is 0 Å². The summed E-state index contributed by atoms with van der Waals surface area (Å²) in [5.74, 6) is 2.13. The molecule has 0 fully saturated rings. The molecule has 1 aliphatic rings. The quantitative estimate of drug-likeness (QED) is 0.631. The third-order valence-electron chi connectivity index (χ3n) is 4.94. The molecule has 24 heavy (non-hydrogen) atoms. The van der Waals surface area contributed by atoms with E-state index in [1.54, 1.807) is 0 Å². The van der Waals surface area contributed by atoms with Gasteiger partial charge in [-0.05, 0) is 32.1 Å². The number of carbonyl (C=O) groups is 1. The number of aromatic nitrogens is 3. The number of hydrogen-bond acceptors (Lipinski definition) is 4. The van der Waals surface area contributed by atoms with E-state index in [0.29, 0.717) is 19.4 Å². The molecule has 2 heterocycles. The summed E-state index contributed by atoms with van der Waals surface area (Å²) in [7, 11) is 0. The summed E-state index contributed by atoms with van der Waals surface area (Å²) in [6.07, 6.45) is 7.57. The van der Waals surface area contributed by atoms with Gasteiger partial charge in [-0.3, -0.25) is 0 Å². The normalized spacial score (nSPS) is 14.8. The van der Waals surface area contributed by atoms with Crippen molar-refractivity contribution in [2.24, 2.45) is 0 Å². The number of fused-ring (bicyclic) bond motifs is 1. The fraction of sp³-hybridized carbons (Fsp3) is 0.824. The summed E-state index contributed by atoms with van der Waals surface area (Å²) in [5.41, 5.74) is -0.809. The van der Waals surface area contributed by atoms with Crippen LogP contribution in [0.25, 0.3) is 0 Å². The van der Waals surface area contributed by atoms with Crippen molar-refractivity contribution in [1.82, 2.24) is 25.4 Å². The van der Waals surface area contributed by atoms with Gasteiger partial charge in [0.15, 0.2) is 0 Å². The third-order valence-corrected chi connectivity index (χ3v) is 4.94. The molecule has 0 saturated heterocycles. The largest absolute Gasteiger partial charge is 0.388 e. The first-order valence-corrected chi connectivity index (χ1v) is 9.23. The molecule has 0 saturated carbocycles. The zero-order chi connectivity index (χ0) is 17.4. The highest BCUT2D eigenvalue weighted by Crippen LogP contribution is 2.15. The molecule has 0 atom stereocenters. The molecular weight excluding hydrogens is 306 g/mol. The second-order valence-corrected chi connectivity index (χ2v) is 6.64. The van der Waals surface area contributed by atoms with Crippen molar-refractivity contribution in [2.45, 2.75) is 77.4 Å². The summed E-state index contributed by atoms with van der Waals surface area (Å²) < 4.78 is 2.25. The van der Waals surface area contributed by atoms with Crippen molar-refractivity contribution >= 4 is 6.03 Å². The van der Waals surface area contributed by atoms with Crippen molar-refractivity contribution in [1.29, 1.82) is 0 Å². The smallest absolute Gasteiger partial charge is 0.314 e. The van der Waals surface area contributed by atoms with Crippen LogP contribution in [0, 0.1) is 0 Å². The van der Waals surface area contributed by atoms with E-state index in [-0.39, 0.29) is 12.6 Å². The van der Waals surface area contributed by atoms with E-state index < -0.39 is 5.60 Å². The van der Waals surface area contributed by atoms with Gasteiger partial charge < -0.3 is 20.3 Å². The van der Waals surface area contributed by atoms with Crippen molar-refractivity contribution in [3.05, 3.63) is 11.6 Å². The van der Waals surface area contributed by atoms with Crippen molar-refractivity contribution in [3.8, 4) is 0 Å². The fourth-order valence-electron chi connectivity index (χ4n) is 2.99. The highest BCUT2D eigenvalue weighted by Gasteiger charge is 2.22. The summed E-state index contributed by atoms with van der Waals surface area (Å²) in [4.78, 5) is 11.8. The molecule has 0 unspecified atom stereocenters. The first-order valence-electron chi connectivity index (χ1n) is 9.23. The summed E-state index contributed by atoms with van der Waals surface area (Å²) in [6.45, 7) is 5.72. The van der Waals surface area contributed by atoms with Gasteiger partial charge >= 0.3 is 6.03 Å². The monoisotopic (exact) mass is 337 g/mol. The Balaban J connectivity index is 1.68. The molecule has 0 spiro atoms. The third kappa shape index (κ3) is 5.19. The van der Waals surface area contributed by atoms with Crippen LogP contribution in [0.2, 0.25) is 0 Å². The van der Waals surface area contributed by atoms with Crippen LogP contribution in [0.15, 0.2) is 0 Å². The molecule has 1 aromatic heterocycles. The van der Waals surface area contributed by atoms with E-state index in [9.17, 15) is 9.90 Å². The average molecular weight is 337 g/mol. The minimum atomic E-state index is -0.809. The predicted octanol–water partition coefficient (Wildman–Crippen LogP) is 1.79. The molecule has 0 radical (unpaired) electrons. The lowest BCUT2D eigenvalue weighted by Crippen LogP contribution is -2.46. The lowest BCUT2D eigenvalue weighted by atomic mass is 9.98. The van der Waals surface area contributed by atoms with Crippen LogP contribution in [0.5, 0.6) is 0 Å². The highest BCUT2D eigenvalue weighted by atomic mass is 16.3. The molecule has 0 aromatic carbocycles. The van der Waals surface area contributed by atoms with Gasteiger partial charge in [0, 0.05) is 32.5 Å². The fourth-order valence-corrected chi connectivity index (χ4v) is 2.99. The molecular formula is C17H31N5O2. The van der Waals surface area contributed by atoms with Crippen LogP contribution >= 0.6 is 0 Å². The van der Waals surface area contributed by atoms with Gasteiger partial charge in [-0.15, -0.1) is 10.2 Å². The average Bonchev–Trinajstić information content (AvgIpc) is 2.83. The van der Waals surface area contributed by atoms with E-state index in [1.165, 1.54) is 19.3 Å². The molecule has 136 valence electrons. The van der Waals surface area contributed by atoms with E-state index in [4.69, 9.17) is 0 Å². The summed E-state index contributed by atoms with van der Waals surface area (Å²) in [5, 5.41) is 24.3. The summed E-state index contributed by atoms with van der Waals surface area (Å²) >= 11 is 0. The maximum Gasteiger partial charge on any atom is 0.314 e. The number of urea groups is 1. The zero-order valence-corrected chi connectivity index (χ0v) is 15.0. The highest BCUT2D eigenvalue weighted by molar-refractivity contribution is 5.73. The molecule has 2 amide bonds. The summed E-state index contributed by atoms with van der Waals surface area (Å²) in [6, 6.07) is -0.226. The van der Waals surface area contributed by atoms with Gasteiger partial charge in [0.25, 0.3) is 0 Å². The first kappa shape index (κ1) is 18.7. The molecule has 7 nitrogen and oxygen atoms in total. The van der Waals surface area contributed by atoms with Crippen molar-refractivity contribution < 1.29 is 9.90 Å². The van der Waals surface area contributed by atoms with Gasteiger partial charge in [-0.2, -0.15) is 0 Å². The molecule has 1 aliphatic heterocycles. The molecule has 7 heteroatoms. The number of aryl methyl sites for hydroxylation is 2. The van der Waals surface area contributed by atoms with Crippen LogP contribution in [0.4, 0.5) is 4.79 Å². The zero-order valence-electron chi connectivity index (χ0n) is 15.0. The Hall–Kier alpha value is -1.63. The number of hydrogen-bond donors (Lipinski definition) is 3. The first-order chi connectivity index (χ1) is 11.6. The SMILES string of the molecule is CCC(O)(CC)CNC(=O)NCCCc1nnc2n1CCCCC2. The topological polar surface area (TPSA) is 92.1 Å². The lowest BCUT2D eigenvalue weighted by Gasteiger charge is -2.25. The second-order valence-electron chi connectivity index (χ2n) is 6.64. The maximum atomic E-state index is 11.8. The van der Waals surface area contributed by atoms with E-state index in [0.717, 1.165) is 37.5 Å². The number of rotatable bonds is 8. The van der Waals surface area contributed by atoms with Crippen LogP contribution in [-0.2, 0) is 19.4 Å². The maximum absolute atomic E-state index is 11.8. The number of amides is 2. The van der Waals surface area contributed by atoms with Crippen LogP contribution in [0.1, 0.15) is 64.0 Å². The molecule has 0 aliphatic carbocycles. The number of nitrogens with one attached hydrogen (secondary N) is 2. The molecule has 2 rings (SSSR count). The van der Waals surface area contributed by atoms with Gasteiger partial charge in [-0.1, -0.05) is 20.3 Å².